The van der Waals surface area contributed by atoms with Crippen molar-refractivity contribution < 1.29 is 13.2 Å². The van der Waals surface area contributed by atoms with Crippen molar-refractivity contribution in [2.75, 3.05) is 19.4 Å². The number of hydrogen-bond acceptors (Lipinski definition) is 4. The average molecular weight is 314 g/mol. The van der Waals surface area contributed by atoms with Crippen molar-refractivity contribution in [1.29, 1.82) is 0 Å². The normalized spacial score (nSPS) is 11.5. The van der Waals surface area contributed by atoms with Crippen molar-refractivity contribution in [1.82, 2.24) is 4.72 Å². The van der Waals surface area contributed by atoms with E-state index in [-0.39, 0.29) is 4.90 Å². The van der Waals surface area contributed by atoms with E-state index < -0.39 is 10.0 Å². The van der Waals surface area contributed by atoms with Gasteiger partial charge in [0.2, 0.25) is 10.0 Å². The van der Waals surface area contributed by atoms with E-state index >= 15 is 0 Å². The zero-order chi connectivity index (χ0) is 15.7. The molecule has 0 fully saturated rings. The molecule has 0 atom stereocenters. The van der Waals surface area contributed by atoms with Gasteiger partial charge in [-0.1, -0.05) is 39.0 Å². The van der Waals surface area contributed by atoms with Crippen LogP contribution in [0.5, 0.6) is 5.75 Å². The van der Waals surface area contributed by atoms with Crippen LogP contribution in [0.2, 0.25) is 0 Å². The standard InChI is InChI=1S/C15H26N2O3S/c1-3-4-5-6-7-8-11-20-14-10-9-13(16)12-15(14)21(18,19)17-2/h9-10,12,17H,3-8,11,16H2,1-2H3. The van der Waals surface area contributed by atoms with Gasteiger partial charge in [-0.3, -0.25) is 0 Å². The smallest absolute Gasteiger partial charge is 0.244 e. The van der Waals surface area contributed by atoms with E-state index in [2.05, 4.69) is 11.6 Å². The summed E-state index contributed by atoms with van der Waals surface area (Å²) < 4.78 is 31.8. The third-order valence-electron chi connectivity index (χ3n) is 3.28. The van der Waals surface area contributed by atoms with Gasteiger partial charge in [-0.2, -0.15) is 0 Å². The SMILES string of the molecule is CCCCCCCCOc1ccc(N)cc1S(=O)(=O)NC. The fraction of sp³-hybridized carbons (Fsp3) is 0.600. The van der Waals surface area contributed by atoms with Crippen molar-refractivity contribution >= 4 is 15.7 Å². The highest BCUT2D eigenvalue weighted by atomic mass is 32.2. The van der Waals surface area contributed by atoms with E-state index in [1.807, 2.05) is 0 Å². The van der Waals surface area contributed by atoms with E-state index in [9.17, 15) is 8.42 Å². The van der Waals surface area contributed by atoms with Gasteiger partial charge in [0.15, 0.2) is 0 Å². The van der Waals surface area contributed by atoms with Crippen LogP contribution in [0.25, 0.3) is 0 Å². The molecule has 21 heavy (non-hydrogen) atoms. The Labute approximate surface area is 127 Å². The molecule has 0 bridgehead atoms. The number of sulfonamides is 1. The molecule has 1 aromatic rings. The molecule has 0 saturated carbocycles. The molecule has 6 heteroatoms. The fourth-order valence-corrected chi connectivity index (χ4v) is 2.93. The molecule has 0 unspecified atom stereocenters. The number of benzene rings is 1. The molecule has 0 radical (unpaired) electrons. The predicted molar refractivity (Wildman–Crippen MR) is 86.0 cm³/mol. The Morgan fingerprint density at radius 1 is 1.14 bits per heavy atom. The van der Waals surface area contributed by atoms with Crippen molar-refractivity contribution in [2.45, 2.75) is 50.3 Å². The second-order valence-electron chi connectivity index (χ2n) is 5.03. The minimum atomic E-state index is -3.56. The molecule has 0 saturated heterocycles. The average Bonchev–Trinajstić information content (AvgIpc) is 2.47. The summed E-state index contributed by atoms with van der Waals surface area (Å²) >= 11 is 0. The highest BCUT2D eigenvalue weighted by Crippen LogP contribution is 2.26. The minimum Gasteiger partial charge on any atom is -0.492 e. The summed E-state index contributed by atoms with van der Waals surface area (Å²) in [6, 6.07) is 4.67. The summed E-state index contributed by atoms with van der Waals surface area (Å²) in [5.41, 5.74) is 6.05. The molecule has 120 valence electrons. The number of nitrogens with one attached hydrogen (secondary N) is 1. The summed E-state index contributed by atoms with van der Waals surface area (Å²) in [5, 5.41) is 0. The fourth-order valence-electron chi connectivity index (χ4n) is 2.03. The van der Waals surface area contributed by atoms with Crippen molar-refractivity contribution in [3.63, 3.8) is 0 Å². The molecule has 0 spiro atoms. The first-order chi connectivity index (χ1) is 10.0. The zero-order valence-electron chi connectivity index (χ0n) is 12.9. The molecule has 0 amide bonds. The van der Waals surface area contributed by atoms with Gasteiger partial charge >= 0.3 is 0 Å². The summed E-state index contributed by atoms with van der Waals surface area (Å²) in [5.74, 6) is 0.354. The maximum absolute atomic E-state index is 11.9. The van der Waals surface area contributed by atoms with E-state index in [1.165, 1.54) is 38.8 Å². The molecule has 0 heterocycles. The second-order valence-corrected chi connectivity index (χ2v) is 6.88. The van der Waals surface area contributed by atoms with Crippen LogP contribution < -0.4 is 15.2 Å². The number of hydrogen-bond donors (Lipinski definition) is 2. The summed E-state index contributed by atoms with van der Waals surface area (Å²) in [6.45, 7) is 2.70. The van der Waals surface area contributed by atoms with E-state index in [0.29, 0.717) is 18.0 Å². The number of nitrogens with two attached hydrogens (primary N) is 1. The Morgan fingerprint density at radius 3 is 2.48 bits per heavy atom. The van der Waals surface area contributed by atoms with Gasteiger partial charge in [-0.15, -0.1) is 0 Å². The Balaban J connectivity index is 2.55. The third-order valence-corrected chi connectivity index (χ3v) is 4.72. The lowest BCUT2D eigenvalue weighted by molar-refractivity contribution is 0.297. The number of ether oxygens (including phenoxy) is 1. The van der Waals surface area contributed by atoms with E-state index in [4.69, 9.17) is 10.5 Å². The molecule has 5 nitrogen and oxygen atoms in total. The number of rotatable bonds is 10. The van der Waals surface area contributed by atoms with Gasteiger partial charge in [0, 0.05) is 5.69 Å². The largest absolute Gasteiger partial charge is 0.492 e. The second kappa shape index (κ2) is 8.89. The Morgan fingerprint density at radius 2 is 1.81 bits per heavy atom. The van der Waals surface area contributed by atoms with Gasteiger partial charge in [-0.25, -0.2) is 13.1 Å². The number of anilines is 1. The minimum absolute atomic E-state index is 0.0935. The van der Waals surface area contributed by atoms with Crippen LogP contribution in [-0.4, -0.2) is 22.1 Å². The maximum atomic E-state index is 11.9. The van der Waals surface area contributed by atoms with Crippen molar-refractivity contribution in [2.24, 2.45) is 0 Å². The highest BCUT2D eigenvalue weighted by molar-refractivity contribution is 7.89. The molecular weight excluding hydrogens is 288 g/mol. The Hall–Kier alpha value is -1.27. The van der Waals surface area contributed by atoms with Gasteiger partial charge in [0.05, 0.1) is 6.61 Å². The number of unbranched alkanes of at least 4 members (excludes halogenated alkanes) is 5. The van der Waals surface area contributed by atoms with Gasteiger partial charge in [-0.05, 0) is 31.7 Å². The lowest BCUT2D eigenvalue weighted by atomic mass is 10.1. The maximum Gasteiger partial charge on any atom is 0.244 e. The first-order valence-electron chi connectivity index (χ1n) is 7.47. The van der Waals surface area contributed by atoms with Crippen LogP contribution in [0.4, 0.5) is 5.69 Å². The van der Waals surface area contributed by atoms with Gasteiger partial charge in [0.1, 0.15) is 10.6 Å². The highest BCUT2D eigenvalue weighted by Gasteiger charge is 2.18. The van der Waals surface area contributed by atoms with E-state index in [0.717, 1.165) is 12.8 Å². The van der Waals surface area contributed by atoms with Crippen molar-refractivity contribution in [3.05, 3.63) is 18.2 Å². The van der Waals surface area contributed by atoms with Crippen LogP contribution >= 0.6 is 0 Å². The molecule has 0 aliphatic heterocycles. The van der Waals surface area contributed by atoms with Crippen molar-refractivity contribution in [3.8, 4) is 5.75 Å². The topological polar surface area (TPSA) is 81.4 Å². The first kappa shape index (κ1) is 17.8. The first-order valence-corrected chi connectivity index (χ1v) is 8.95. The molecule has 0 aliphatic rings. The Bertz CT molecular complexity index is 530. The number of nitrogen functional groups attached to an aromatic ring is 1. The van der Waals surface area contributed by atoms with Crippen LogP contribution in [0.1, 0.15) is 45.4 Å². The van der Waals surface area contributed by atoms with E-state index in [1.54, 1.807) is 12.1 Å². The quantitative estimate of drug-likeness (QED) is 0.514. The van der Waals surface area contributed by atoms with Crippen LogP contribution in [0, 0.1) is 0 Å². The summed E-state index contributed by atoms with van der Waals surface area (Å²) in [6.07, 6.45) is 6.96. The van der Waals surface area contributed by atoms with Gasteiger partial charge in [0.25, 0.3) is 0 Å². The molecule has 0 aromatic heterocycles. The molecule has 1 rings (SSSR count). The van der Waals surface area contributed by atoms with Crippen LogP contribution in [-0.2, 0) is 10.0 Å². The van der Waals surface area contributed by atoms with Crippen LogP contribution in [0.3, 0.4) is 0 Å². The Kier molecular flexibility index (Phi) is 7.53. The summed E-state index contributed by atoms with van der Waals surface area (Å²) in [7, 11) is -2.19. The third kappa shape index (κ3) is 5.93. The monoisotopic (exact) mass is 314 g/mol. The van der Waals surface area contributed by atoms with Crippen LogP contribution in [0.15, 0.2) is 23.1 Å². The summed E-state index contributed by atoms with van der Waals surface area (Å²) in [4.78, 5) is 0.0935. The lowest BCUT2D eigenvalue weighted by Gasteiger charge is -2.12. The molecule has 3 N–H and O–H groups in total. The molecule has 1 aromatic carbocycles. The molecule has 0 aliphatic carbocycles. The lowest BCUT2D eigenvalue weighted by Crippen LogP contribution is -2.20. The zero-order valence-corrected chi connectivity index (χ0v) is 13.7. The predicted octanol–water partition coefficient (Wildman–Crippen LogP) is 2.92. The molecular formula is C15H26N2O3S. The van der Waals surface area contributed by atoms with Gasteiger partial charge < -0.3 is 10.5 Å².